The number of hydrogen-bond acceptors (Lipinski definition) is 3. The molecule has 0 fully saturated rings. The maximum Gasteiger partial charge on any atom is 0.434 e. The highest BCUT2D eigenvalue weighted by Gasteiger charge is 2.35. The lowest BCUT2D eigenvalue weighted by Gasteiger charge is -2.11. The van der Waals surface area contributed by atoms with Gasteiger partial charge < -0.3 is 0 Å². The minimum atomic E-state index is -4.57. The Morgan fingerprint density at radius 2 is 1.76 bits per heavy atom. The molecule has 0 aliphatic heterocycles. The summed E-state index contributed by atoms with van der Waals surface area (Å²) < 4.78 is 64.3. The van der Waals surface area contributed by atoms with E-state index in [0.717, 1.165) is 18.9 Å². The molecule has 1 unspecified atom stereocenters. The summed E-state index contributed by atoms with van der Waals surface area (Å²) in [7, 11) is -3.39. The van der Waals surface area contributed by atoms with Crippen LogP contribution >= 0.6 is 0 Å². The number of rotatable bonds is 3. The summed E-state index contributed by atoms with van der Waals surface area (Å²) in [5.41, 5.74) is 0.146. The van der Waals surface area contributed by atoms with Crippen molar-refractivity contribution >= 4 is 15.4 Å². The van der Waals surface area contributed by atoms with Gasteiger partial charge in [-0.15, -0.1) is 0 Å². The summed E-state index contributed by atoms with van der Waals surface area (Å²) in [5.74, 6) is 0.548. The van der Waals surface area contributed by atoms with E-state index in [4.69, 9.17) is 0 Å². The monoisotopic (exact) mass is 426 g/mol. The molecule has 1 aliphatic carbocycles. The van der Waals surface area contributed by atoms with E-state index in [1.807, 2.05) is 32.9 Å². The average Bonchev–Trinajstić information content (AvgIpc) is 3.00. The first kappa shape index (κ1) is 22.9. The van der Waals surface area contributed by atoms with Crippen molar-refractivity contribution in [1.82, 2.24) is 9.55 Å². The third-order valence-corrected chi connectivity index (χ3v) is 5.56. The first-order valence-corrected chi connectivity index (χ1v) is 11.3. The van der Waals surface area contributed by atoms with Gasteiger partial charge in [-0.25, -0.2) is 13.4 Å². The predicted molar refractivity (Wildman–Crippen MR) is 109 cm³/mol. The second-order valence-corrected chi connectivity index (χ2v) is 8.69. The predicted octanol–water partition coefficient (Wildman–Crippen LogP) is 5.69. The molecule has 0 saturated heterocycles. The molecule has 0 spiro atoms. The van der Waals surface area contributed by atoms with E-state index in [-0.39, 0.29) is 10.7 Å². The molecule has 0 amide bonds. The quantitative estimate of drug-likeness (QED) is 0.634. The Kier molecular flexibility index (Phi) is 7.11. The normalized spacial score (nSPS) is 17.2. The molecule has 1 heterocycles. The molecule has 1 aromatic heterocycles. The van der Waals surface area contributed by atoms with Gasteiger partial charge in [-0.3, -0.25) is 4.57 Å². The number of hydrogen-bond donors (Lipinski definition) is 0. The molecule has 1 aromatic carbocycles. The fraction of sp³-hybridized carbons (Fsp3) is 0.381. The lowest BCUT2D eigenvalue weighted by Crippen LogP contribution is -2.05. The van der Waals surface area contributed by atoms with Crippen LogP contribution in [0.3, 0.4) is 0 Å². The molecule has 0 saturated carbocycles. The summed E-state index contributed by atoms with van der Waals surface area (Å²) in [6.45, 7) is 6.05. The van der Waals surface area contributed by atoms with Crippen molar-refractivity contribution in [3.05, 3.63) is 60.2 Å². The molecule has 3 rings (SSSR count). The van der Waals surface area contributed by atoms with E-state index in [2.05, 4.69) is 4.98 Å². The van der Waals surface area contributed by atoms with Crippen LogP contribution in [0.25, 0.3) is 11.3 Å². The molecule has 1 atom stereocenters. The van der Waals surface area contributed by atoms with Crippen LogP contribution in [0.5, 0.6) is 0 Å². The van der Waals surface area contributed by atoms with E-state index in [1.54, 1.807) is 6.08 Å². The van der Waals surface area contributed by atoms with Gasteiger partial charge in [0.1, 0.15) is 5.82 Å². The standard InChI is InChI=1S/C19H19F3N2O2S.C2H6/c1-13-4-3-5-14(7-6-13)18-23-17(19(20,21)22)12-24(18)15-8-10-16(11-9-15)27(2,25)26;1-2/h3-5,8-13H,6-7H2,1-2H3;1-2H3. The Morgan fingerprint density at radius 1 is 1.14 bits per heavy atom. The van der Waals surface area contributed by atoms with Crippen molar-refractivity contribution in [3.63, 3.8) is 0 Å². The third-order valence-electron chi connectivity index (χ3n) is 4.43. The second-order valence-electron chi connectivity index (χ2n) is 6.68. The van der Waals surface area contributed by atoms with Crippen molar-refractivity contribution < 1.29 is 21.6 Å². The number of halogens is 3. The van der Waals surface area contributed by atoms with Gasteiger partial charge in [-0.05, 0) is 48.6 Å². The van der Waals surface area contributed by atoms with E-state index in [1.165, 1.54) is 28.8 Å². The molecule has 4 nitrogen and oxygen atoms in total. The number of nitrogens with zero attached hydrogens (tertiary/aromatic N) is 2. The van der Waals surface area contributed by atoms with Gasteiger partial charge in [-0.1, -0.05) is 39.0 Å². The third kappa shape index (κ3) is 5.59. The van der Waals surface area contributed by atoms with Crippen molar-refractivity contribution in [1.29, 1.82) is 0 Å². The molecule has 0 N–H and O–H groups in total. The molecule has 0 radical (unpaired) electrons. The minimum absolute atomic E-state index is 0.106. The molecular weight excluding hydrogens is 401 g/mol. The number of aromatic nitrogens is 2. The van der Waals surface area contributed by atoms with Crippen LogP contribution in [0.2, 0.25) is 0 Å². The molecule has 8 heteroatoms. The van der Waals surface area contributed by atoms with Gasteiger partial charge in [0.15, 0.2) is 15.5 Å². The van der Waals surface area contributed by atoms with Crippen LogP contribution in [-0.2, 0) is 16.0 Å². The van der Waals surface area contributed by atoms with Crippen LogP contribution < -0.4 is 0 Å². The maximum absolute atomic E-state index is 13.2. The van der Waals surface area contributed by atoms with Gasteiger partial charge in [0.25, 0.3) is 0 Å². The van der Waals surface area contributed by atoms with Gasteiger partial charge in [-0.2, -0.15) is 13.2 Å². The van der Waals surface area contributed by atoms with Gasteiger partial charge >= 0.3 is 6.18 Å². The van der Waals surface area contributed by atoms with Crippen LogP contribution in [0.15, 0.2) is 53.6 Å². The van der Waals surface area contributed by atoms with E-state index >= 15 is 0 Å². The summed E-state index contributed by atoms with van der Waals surface area (Å²) in [5, 5.41) is 0. The maximum atomic E-state index is 13.2. The van der Waals surface area contributed by atoms with E-state index in [9.17, 15) is 21.6 Å². The molecule has 2 aromatic rings. The minimum Gasteiger partial charge on any atom is -0.299 e. The van der Waals surface area contributed by atoms with Gasteiger partial charge in [0, 0.05) is 18.1 Å². The van der Waals surface area contributed by atoms with Gasteiger partial charge in [0.2, 0.25) is 0 Å². The Hall–Kier alpha value is -2.35. The fourth-order valence-electron chi connectivity index (χ4n) is 2.90. The van der Waals surface area contributed by atoms with Crippen LogP contribution in [0.1, 0.15) is 45.1 Å². The molecule has 29 heavy (non-hydrogen) atoms. The van der Waals surface area contributed by atoms with Crippen molar-refractivity contribution in [2.45, 2.75) is 44.7 Å². The SMILES string of the molecule is CC.CC1C=CC=C(c2nc(C(F)(F)F)cn2-c2ccc(S(C)(=O)=O)cc2)CC1. The zero-order valence-electron chi connectivity index (χ0n) is 16.9. The highest BCUT2D eigenvalue weighted by molar-refractivity contribution is 7.90. The van der Waals surface area contributed by atoms with E-state index < -0.39 is 21.7 Å². The number of sulfone groups is 1. The first-order valence-electron chi connectivity index (χ1n) is 9.40. The highest BCUT2D eigenvalue weighted by Crippen LogP contribution is 2.33. The second kappa shape index (κ2) is 8.98. The smallest absolute Gasteiger partial charge is 0.299 e. The van der Waals surface area contributed by atoms with E-state index in [0.29, 0.717) is 23.6 Å². The van der Waals surface area contributed by atoms with Crippen molar-refractivity contribution in [3.8, 4) is 5.69 Å². The molecule has 0 bridgehead atoms. The zero-order chi connectivity index (χ0) is 21.8. The lowest BCUT2D eigenvalue weighted by atomic mass is 10.0. The first-order chi connectivity index (χ1) is 13.6. The number of allylic oxidation sites excluding steroid dienone is 4. The van der Waals surface area contributed by atoms with Crippen molar-refractivity contribution in [2.24, 2.45) is 5.92 Å². The Morgan fingerprint density at radius 3 is 2.31 bits per heavy atom. The largest absolute Gasteiger partial charge is 0.434 e. The fourth-order valence-corrected chi connectivity index (χ4v) is 3.54. The number of benzene rings is 1. The highest BCUT2D eigenvalue weighted by atomic mass is 32.2. The lowest BCUT2D eigenvalue weighted by molar-refractivity contribution is -0.140. The van der Waals surface area contributed by atoms with Gasteiger partial charge in [0.05, 0.1) is 4.90 Å². The number of imidazole rings is 1. The zero-order valence-corrected chi connectivity index (χ0v) is 17.7. The summed E-state index contributed by atoms with van der Waals surface area (Å²) in [4.78, 5) is 3.94. The Bertz CT molecular complexity index is 1000. The van der Waals surface area contributed by atoms with Crippen LogP contribution in [0.4, 0.5) is 13.2 Å². The Balaban J connectivity index is 0.00000145. The summed E-state index contributed by atoms with van der Waals surface area (Å²) in [6, 6.07) is 5.73. The summed E-state index contributed by atoms with van der Waals surface area (Å²) >= 11 is 0. The molecule has 158 valence electrons. The summed E-state index contributed by atoms with van der Waals surface area (Å²) in [6.07, 6.45) is 4.50. The average molecular weight is 427 g/mol. The van der Waals surface area contributed by atoms with Crippen LogP contribution in [0, 0.1) is 5.92 Å². The van der Waals surface area contributed by atoms with Crippen LogP contribution in [-0.4, -0.2) is 24.2 Å². The molecular formula is C21H25F3N2O2S. The number of alkyl halides is 3. The van der Waals surface area contributed by atoms with Crippen molar-refractivity contribution in [2.75, 3.05) is 6.26 Å². The Labute approximate surface area is 169 Å². The topological polar surface area (TPSA) is 52.0 Å². The molecule has 1 aliphatic rings.